The van der Waals surface area contributed by atoms with Crippen LogP contribution in [0.4, 0.5) is 20.7 Å². The first-order chi connectivity index (χ1) is 39.4. The summed E-state index contributed by atoms with van der Waals surface area (Å²) >= 11 is 0. The number of aliphatic hydroxyl groups excluding tert-OH is 2. The molecule has 21 nitrogen and oxygen atoms in total. The van der Waals surface area contributed by atoms with Crippen molar-refractivity contribution in [1.82, 2.24) is 50.7 Å². The van der Waals surface area contributed by atoms with Crippen LogP contribution in [0.1, 0.15) is 92.6 Å². The van der Waals surface area contributed by atoms with Crippen molar-refractivity contribution < 1.29 is 47.9 Å². The zero-order chi connectivity index (χ0) is 55.6. The first kappa shape index (κ1) is 52.6. The molecule has 422 valence electrons. The predicted molar refractivity (Wildman–Crippen MR) is 296 cm³/mol. The predicted octanol–water partition coefficient (Wildman–Crippen LogP) is 6.41. The van der Waals surface area contributed by atoms with Crippen LogP contribution in [0.15, 0.2) is 73.1 Å². The monoisotopic (exact) mass is 1100 g/mol. The molecular weight excluding hydrogens is 1040 g/mol. The van der Waals surface area contributed by atoms with Crippen molar-refractivity contribution >= 4 is 51.2 Å². The number of piperazine rings is 1. The van der Waals surface area contributed by atoms with Crippen molar-refractivity contribution in [3.8, 4) is 34.1 Å². The van der Waals surface area contributed by atoms with Crippen LogP contribution in [0.25, 0.3) is 44.2 Å². The van der Waals surface area contributed by atoms with Crippen LogP contribution in [0.5, 0.6) is 11.8 Å². The van der Waals surface area contributed by atoms with E-state index >= 15 is 4.39 Å². The molecule has 5 aliphatic heterocycles. The maximum Gasteiger partial charge on any atom is 0.414 e. The molecule has 2 bridgehead atoms. The van der Waals surface area contributed by atoms with Gasteiger partial charge >= 0.3 is 12.1 Å². The van der Waals surface area contributed by atoms with Gasteiger partial charge in [0, 0.05) is 84.1 Å². The summed E-state index contributed by atoms with van der Waals surface area (Å²) in [6.45, 7) is 8.75. The third-order valence-corrected chi connectivity index (χ3v) is 17.0. The van der Waals surface area contributed by atoms with Crippen molar-refractivity contribution in [1.29, 1.82) is 0 Å². The van der Waals surface area contributed by atoms with E-state index in [-0.39, 0.29) is 55.4 Å². The molecule has 22 heteroatoms. The summed E-state index contributed by atoms with van der Waals surface area (Å²) in [6.07, 6.45) is 6.34. The van der Waals surface area contributed by atoms with E-state index in [0.717, 1.165) is 71.2 Å². The van der Waals surface area contributed by atoms with Gasteiger partial charge in [0.2, 0.25) is 11.8 Å². The maximum absolute atomic E-state index is 16.1. The minimum absolute atomic E-state index is 0.00949. The summed E-state index contributed by atoms with van der Waals surface area (Å²) < 4.78 is 42.2. The van der Waals surface area contributed by atoms with E-state index in [0.29, 0.717) is 90.1 Å². The molecule has 3 amide bonds. The Labute approximate surface area is 466 Å². The molecule has 13 rings (SSSR count). The molecule has 5 N–H and O–H groups in total. The second-order valence-electron chi connectivity index (χ2n) is 22.7. The van der Waals surface area contributed by atoms with Crippen LogP contribution in [0.3, 0.4) is 0 Å². The van der Waals surface area contributed by atoms with E-state index in [1.165, 1.54) is 20.5 Å². The first-order valence-corrected chi connectivity index (χ1v) is 28.2. The van der Waals surface area contributed by atoms with Crippen LogP contribution in [-0.4, -0.2) is 151 Å². The number of likely N-dealkylation sites (tertiary alicyclic amines) is 1. The number of aliphatic hydroxyl groups is 2. The number of aromatic amines is 1. The number of fused-ring (bicyclic) bond motifs is 4. The van der Waals surface area contributed by atoms with E-state index in [2.05, 4.69) is 42.1 Å². The average Bonchev–Trinajstić information content (AvgIpc) is 4.38. The van der Waals surface area contributed by atoms with Crippen molar-refractivity contribution in [2.24, 2.45) is 5.92 Å². The fraction of sp³-hybridized carbons (Fsp3) is 0.458. The molecule has 3 aromatic heterocycles. The Morgan fingerprint density at radius 3 is 2.47 bits per heavy atom. The molecule has 6 atom stereocenters. The molecule has 5 saturated heterocycles. The quantitative estimate of drug-likeness (QED) is 0.0661. The first-order valence-electron chi connectivity index (χ1n) is 28.2. The standard InChI is InChI=1S/C59H65FN12O9/c1-31(2)53(57(76)71-27-40(74)21-49(71)56(75)63-48(29-73)36-10-12-38(13-11-36)69-16-19-79-59(69)77)72-28-47(67-68-72)35-6-4-33(5-7-35)30-80-54-51(50-32(3)45(60)23-46-44(50)25-62-66-46)42(34-8-9-34)22-43-52(54)64-58(81-41-14-17-78-18-15-41)65-55(43)70-26-37-20-39(70)24-61-37/h4-7,10-13,22-23,25,28,31,34,37,39-41,48-49,53,61,73-74H,8-9,14-21,24,26-27,29-30H2,1-3H3,(H,62,66)(H,63,75)/t37-,39-,40+,48-,49-,53-/m0/s1. The lowest BCUT2D eigenvalue weighted by Gasteiger charge is -2.31. The number of hydrogen-bond acceptors (Lipinski definition) is 16. The number of rotatable bonds is 17. The Balaban J connectivity index is 0.783. The van der Waals surface area contributed by atoms with E-state index in [4.69, 9.17) is 28.9 Å². The number of anilines is 2. The number of nitrogens with zero attached hydrogens (tertiary/aromatic N) is 9. The van der Waals surface area contributed by atoms with Gasteiger partial charge in [-0.25, -0.2) is 13.9 Å². The number of ether oxygens (including phenoxy) is 4. The number of carbonyl (C=O) groups excluding carboxylic acids is 3. The minimum atomic E-state index is -1.02. The summed E-state index contributed by atoms with van der Waals surface area (Å²) in [6, 6.07) is 16.5. The smallest absolute Gasteiger partial charge is 0.414 e. The number of carbonyl (C=O) groups is 3. The zero-order valence-electron chi connectivity index (χ0n) is 45.4. The third-order valence-electron chi connectivity index (χ3n) is 17.0. The zero-order valence-corrected chi connectivity index (χ0v) is 45.4. The molecule has 8 heterocycles. The molecule has 6 aliphatic rings. The molecule has 6 fully saturated rings. The Kier molecular flexibility index (Phi) is 14.0. The Morgan fingerprint density at radius 2 is 1.77 bits per heavy atom. The number of benzene rings is 4. The molecular formula is C59H65FN12O9. The van der Waals surface area contributed by atoms with Gasteiger partial charge in [-0.15, -0.1) is 5.10 Å². The van der Waals surface area contributed by atoms with Crippen LogP contribution >= 0.6 is 0 Å². The number of β-amino-alcohol motifs (C(OH)–C–C–N with tert-alkyl or cyclic N) is 1. The number of nitrogens with one attached hydrogen (secondary N) is 3. The number of amides is 3. The van der Waals surface area contributed by atoms with Crippen LogP contribution in [0, 0.1) is 18.7 Å². The van der Waals surface area contributed by atoms with E-state index < -0.39 is 48.7 Å². The van der Waals surface area contributed by atoms with Gasteiger partial charge in [-0.1, -0.05) is 55.5 Å². The van der Waals surface area contributed by atoms with Gasteiger partial charge in [0.25, 0.3) is 0 Å². The lowest BCUT2D eigenvalue weighted by atomic mass is 9.88. The van der Waals surface area contributed by atoms with Crippen molar-refractivity contribution in [2.75, 3.05) is 62.4 Å². The molecule has 0 spiro atoms. The molecule has 0 unspecified atom stereocenters. The Morgan fingerprint density at radius 1 is 0.963 bits per heavy atom. The fourth-order valence-electron chi connectivity index (χ4n) is 12.5. The summed E-state index contributed by atoms with van der Waals surface area (Å²) in [7, 11) is 0. The van der Waals surface area contributed by atoms with Crippen LogP contribution < -0.4 is 29.9 Å². The van der Waals surface area contributed by atoms with Gasteiger partial charge in [-0.05, 0) is 84.5 Å². The molecule has 7 aromatic rings. The van der Waals surface area contributed by atoms with Gasteiger partial charge in [0.1, 0.15) is 54.2 Å². The Hall–Kier alpha value is -7.79. The maximum atomic E-state index is 16.1. The Bertz CT molecular complexity index is 3530. The van der Waals surface area contributed by atoms with Gasteiger partial charge in [0.05, 0.1) is 56.4 Å². The van der Waals surface area contributed by atoms with Gasteiger partial charge in [-0.2, -0.15) is 15.1 Å². The topological polar surface area (TPSA) is 248 Å². The minimum Gasteiger partial charge on any atom is -0.486 e. The van der Waals surface area contributed by atoms with Crippen LogP contribution in [0.2, 0.25) is 0 Å². The largest absolute Gasteiger partial charge is 0.486 e. The summed E-state index contributed by atoms with van der Waals surface area (Å²) in [4.78, 5) is 56.4. The molecule has 4 aromatic carbocycles. The van der Waals surface area contributed by atoms with Crippen molar-refractivity contribution in [2.45, 2.75) is 114 Å². The lowest BCUT2D eigenvalue weighted by Crippen LogP contribution is -2.50. The highest BCUT2D eigenvalue weighted by molar-refractivity contribution is 6.06. The van der Waals surface area contributed by atoms with E-state index in [1.54, 1.807) is 43.6 Å². The number of cyclic esters (lactones) is 1. The van der Waals surface area contributed by atoms with Gasteiger partial charge in [-0.3, -0.25) is 19.6 Å². The van der Waals surface area contributed by atoms with Gasteiger partial charge < -0.3 is 49.6 Å². The SMILES string of the molecule is Cc1c(F)cc2[nH]ncc2c1-c1c(C2CC2)cc2c(N3C[C@@H]4C[C@H]3CN4)nc(OC3CCOCC3)nc2c1OCc1ccc(-c2cn([C@H](C(=O)N3C[C@H](O)C[C@H]3C(=O)N[C@@H](CO)c3ccc(N4CCOC4=O)cc3)C(C)C)nn2)cc1. The normalized spacial score (nSPS) is 21.9. The molecule has 0 radical (unpaired) electrons. The van der Waals surface area contributed by atoms with Crippen LogP contribution in [-0.2, 0) is 25.7 Å². The average molecular weight is 1110 g/mol. The number of H-pyrrole nitrogens is 1. The summed E-state index contributed by atoms with van der Waals surface area (Å²) in [5.41, 5.74) is 7.48. The number of aromatic nitrogens is 7. The number of hydrogen-bond donors (Lipinski definition) is 5. The second kappa shape index (κ2) is 21.6. The molecule has 81 heavy (non-hydrogen) atoms. The fourth-order valence-corrected chi connectivity index (χ4v) is 12.5. The summed E-state index contributed by atoms with van der Waals surface area (Å²) in [5.74, 6) is -0.0445. The van der Waals surface area contributed by atoms with E-state index in [9.17, 15) is 24.6 Å². The highest BCUT2D eigenvalue weighted by atomic mass is 19.1. The lowest BCUT2D eigenvalue weighted by molar-refractivity contribution is -0.142. The number of halogens is 1. The molecule has 1 saturated carbocycles. The highest BCUT2D eigenvalue weighted by Gasteiger charge is 2.44. The van der Waals surface area contributed by atoms with Gasteiger partial charge in [0.15, 0.2) is 5.75 Å². The second-order valence-corrected chi connectivity index (χ2v) is 22.7. The highest BCUT2D eigenvalue weighted by Crippen LogP contribution is 2.53. The van der Waals surface area contributed by atoms with Crippen molar-refractivity contribution in [3.63, 3.8) is 0 Å². The summed E-state index contributed by atoms with van der Waals surface area (Å²) in [5, 5.41) is 45.8. The van der Waals surface area contributed by atoms with Crippen molar-refractivity contribution in [3.05, 3.63) is 101 Å². The third kappa shape index (κ3) is 10.0. The van der Waals surface area contributed by atoms with E-state index in [1.807, 2.05) is 38.1 Å². The molecule has 1 aliphatic carbocycles.